The van der Waals surface area contributed by atoms with Gasteiger partial charge in [-0.2, -0.15) is 0 Å². The lowest BCUT2D eigenvalue weighted by Crippen LogP contribution is -2.56. The normalized spacial score (nSPS) is 27.0. The summed E-state index contributed by atoms with van der Waals surface area (Å²) in [7, 11) is 0. The van der Waals surface area contributed by atoms with E-state index >= 15 is 0 Å². The molecule has 3 amide bonds. The molecule has 11 heteroatoms. The molecule has 3 fully saturated rings. The van der Waals surface area contributed by atoms with Crippen LogP contribution in [0.15, 0.2) is 79.9 Å². The number of fused-ring (bicyclic) bond motifs is 2. The number of benzene rings is 2. The minimum atomic E-state index is -1.20. The quantitative estimate of drug-likeness (QED) is 0.318. The molecule has 0 saturated carbocycles. The fourth-order valence-corrected chi connectivity index (χ4v) is 7.52. The molecule has 44 heavy (non-hydrogen) atoms. The highest BCUT2D eigenvalue weighted by atomic mass is 16.5. The van der Waals surface area contributed by atoms with E-state index in [2.05, 4.69) is 23.5 Å². The fourth-order valence-electron chi connectivity index (χ4n) is 7.52. The number of likely N-dealkylation sites (tertiary alicyclic amines) is 1. The maximum absolute atomic E-state index is 14.7. The van der Waals surface area contributed by atoms with Gasteiger partial charge in [-0.1, -0.05) is 47.7 Å². The van der Waals surface area contributed by atoms with Crippen molar-refractivity contribution in [2.24, 2.45) is 11.8 Å². The van der Waals surface area contributed by atoms with Crippen molar-refractivity contribution in [1.82, 2.24) is 24.8 Å². The first-order valence-electron chi connectivity index (χ1n) is 15.1. The lowest BCUT2D eigenvalue weighted by molar-refractivity contribution is -0.152. The Morgan fingerprint density at radius 3 is 2.52 bits per heavy atom. The predicted octanol–water partition coefficient (Wildman–Crippen LogP) is 2.77. The number of para-hydroxylation sites is 2. The van der Waals surface area contributed by atoms with E-state index in [0.29, 0.717) is 24.0 Å². The second-order valence-corrected chi connectivity index (χ2v) is 12.0. The molecule has 230 valence electrons. The summed E-state index contributed by atoms with van der Waals surface area (Å²) >= 11 is 0. The van der Waals surface area contributed by atoms with E-state index in [1.807, 2.05) is 61.5 Å². The van der Waals surface area contributed by atoms with Crippen molar-refractivity contribution in [3.8, 4) is 0 Å². The third-order valence-electron chi connectivity index (χ3n) is 9.37. The first-order valence-corrected chi connectivity index (χ1v) is 15.1. The minimum absolute atomic E-state index is 0.0887. The van der Waals surface area contributed by atoms with Gasteiger partial charge in [-0.05, 0) is 50.5 Å². The Balaban J connectivity index is 1.39. The number of rotatable bonds is 12. The molecule has 2 bridgehead atoms. The summed E-state index contributed by atoms with van der Waals surface area (Å²) in [6, 6.07) is 15.8. The summed E-state index contributed by atoms with van der Waals surface area (Å²) in [5.41, 5.74) is 0.0412. The van der Waals surface area contributed by atoms with Crippen LogP contribution in [0.2, 0.25) is 0 Å². The molecule has 1 spiro atoms. The van der Waals surface area contributed by atoms with Gasteiger partial charge in [-0.15, -0.1) is 18.3 Å². The van der Waals surface area contributed by atoms with Crippen LogP contribution in [0.4, 0.5) is 5.69 Å². The van der Waals surface area contributed by atoms with E-state index in [1.54, 1.807) is 26.6 Å². The first-order chi connectivity index (χ1) is 21.3. The van der Waals surface area contributed by atoms with Crippen LogP contribution in [0.25, 0.3) is 11.0 Å². The average molecular weight is 599 g/mol. The Morgan fingerprint density at radius 1 is 1.07 bits per heavy atom. The number of amides is 3. The Kier molecular flexibility index (Phi) is 7.85. The summed E-state index contributed by atoms with van der Waals surface area (Å²) in [5.74, 6) is -2.50. The van der Waals surface area contributed by atoms with Crippen molar-refractivity contribution >= 4 is 34.4 Å². The van der Waals surface area contributed by atoms with Gasteiger partial charge in [0.15, 0.2) is 0 Å². The zero-order valence-corrected chi connectivity index (χ0v) is 24.9. The lowest BCUT2D eigenvalue weighted by Gasteiger charge is -2.36. The van der Waals surface area contributed by atoms with Gasteiger partial charge in [0, 0.05) is 31.9 Å². The zero-order valence-electron chi connectivity index (χ0n) is 24.9. The van der Waals surface area contributed by atoms with E-state index in [9.17, 15) is 19.5 Å². The van der Waals surface area contributed by atoms with Gasteiger partial charge in [0.25, 0.3) is 0 Å². The van der Waals surface area contributed by atoms with Crippen LogP contribution in [0.5, 0.6) is 0 Å². The van der Waals surface area contributed by atoms with Gasteiger partial charge in [0.2, 0.25) is 17.7 Å². The van der Waals surface area contributed by atoms with Crippen molar-refractivity contribution < 1.29 is 24.2 Å². The van der Waals surface area contributed by atoms with Gasteiger partial charge in [-0.3, -0.25) is 14.4 Å². The number of hydrogen-bond donors (Lipinski definition) is 1. The van der Waals surface area contributed by atoms with Crippen molar-refractivity contribution in [2.75, 3.05) is 31.1 Å². The Hall–Kier alpha value is -4.35. The SMILES string of the molecule is C=CCN(Cn1nnc2ccccc21)C(=O)C1N(CCCO)C(=O)[C@@H]2[C@@H](C(=O)N(CC=C)c3ccccc3)[C@@]3(C)CCC12O3. The maximum Gasteiger partial charge on any atom is 0.250 e. The van der Waals surface area contributed by atoms with Crippen molar-refractivity contribution in [2.45, 2.75) is 50.1 Å². The number of aliphatic hydroxyl groups is 1. The van der Waals surface area contributed by atoms with Crippen molar-refractivity contribution in [3.05, 3.63) is 79.9 Å². The number of hydrogen-bond acceptors (Lipinski definition) is 7. The summed E-state index contributed by atoms with van der Waals surface area (Å²) in [6.07, 6.45) is 4.56. The Morgan fingerprint density at radius 2 is 1.80 bits per heavy atom. The summed E-state index contributed by atoms with van der Waals surface area (Å²) in [6.45, 7) is 10.2. The number of carbonyl (C=O) groups excluding carboxylic acids is 3. The molecule has 4 heterocycles. The second-order valence-electron chi connectivity index (χ2n) is 12.0. The smallest absolute Gasteiger partial charge is 0.250 e. The second kappa shape index (κ2) is 11.6. The number of aromatic nitrogens is 3. The number of anilines is 1. The predicted molar refractivity (Wildman–Crippen MR) is 164 cm³/mol. The van der Waals surface area contributed by atoms with Gasteiger partial charge in [-0.25, -0.2) is 4.68 Å². The van der Waals surface area contributed by atoms with Crippen LogP contribution in [0.3, 0.4) is 0 Å². The van der Waals surface area contributed by atoms with Crippen LogP contribution in [0, 0.1) is 11.8 Å². The molecule has 0 aliphatic carbocycles. The van der Waals surface area contributed by atoms with Gasteiger partial charge >= 0.3 is 0 Å². The molecule has 1 N–H and O–H groups in total. The Bertz CT molecular complexity index is 1590. The molecule has 3 saturated heterocycles. The molecule has 11 nitrogen and oxygen atoms in total. The molecule has 3 aliphatic rings. The average Bonchev–Trinajstić information content (AvgIpc) is 3.74. The molecule has 0 radical (unpaired) electrons. The van der Waals surface area contributed by atoms with Crippen molar-refractivity contribution in [1.29, 1.82) is 0 Å². The molecule has 2 aromatic carbocycles. The van der Waals surface area contributed by atoms with Gasteiger partial charge in [0.05, 0.1) is 23.0 Å². The highest BCUT2D eigenvalue weighted by molar-refractivity contribution is 6.03. The number of carbonyl (C=O) groups is 3. The number of ether oxygens (including phenoxy) is 1. The zero-order chi connectivity index (χ0) is 31.1. The summed E-state index contributed by atoms with van der Waals surface area (Å²) in [4.78, 5) is 48.3. The minimum Gasteiger partial charge on any atom is -0.396 e. The number of nitrogens with zero attached hydrogens (tertiary/aromatic N) is 6. The third-order valence-corrected chi connectivity index (χ3v) is 9.37. The highest BCUT2D eigenvalue weighted by Crippen LogP contribution is 2.63. The van der Waals surface area contributed by atoms with Crippen molar-refractivity contribution in [3.63, 3.8) is 0 Å². The first kappa shape index (κ1) is 29.7. The van der Waals surface area contributed by atoms with Crippen LogP contribution < -0.4 is 4.90 Å². The van der Waals surface area contributed by atoms with Crippen LogP contribution >= 0.6 is 0 Å². The third kappa shape index (κ3) is 4.62. The topological polar surface area (TPSA) is 121 Å². The molecule has 6 rings (SSSR count). The van der Waals surface area contributed by atoms with Crippen LogP contribution in [-0.4, -0.2) is 91.1 Å². The largest absolute Gasteiger partial charge is 0.396 e. The van der Waals surface area contributed by atoms with E-state index in [-0.39, 0.29) is 57.1 Å². The molecule has 3 aliphatic heterocycles. The maximum atomic E-state index is 14.7. The van der Waals surface area contributed by atoms with E-state index < -0.39 is 29.1 Å². The van der Waals surface area contributed by atoms with Crippen LogP contribution in [-0.2, 0) is 25.8 Å². The van der Waals surface area contributed by atoms with Gasteiger partial charge in [0.1, 0.15) is 23.8 Å². The highest BCUT2D eigenvalue weighted by Gasteiger charge is 2.78. The van der Waals surface area contributed by atoms with E-state index in [4.69, 9.17) is 4.74 Å². The summed E-state index contributed by atoms with van der Waals surface area (Å²) < 4.78 is 8.46. The Labute approximate surface area is 256 Å². The number of aliphatic hydroxyl groups excluding tert-OH is 1. The molecular weight excluding hydrogens is 560 g/mol. The van der Waals surface area contributed by atoms with Crippen LogP contribution in [0.1, 0.15) is 26.2 Å². The molecule has 2 unspecified atom stereocenters. The molecule has 5 atom stereocenters. The molecular formula is C33H38N6O5. The molecule has 3 aromatic rings. The molecule has 1 aromatic heterocycles. The van der Waals surface area contributed by atoms with E-state index in [1.165, 1.54) is 4.90 Å². The fraction of sp³-hybridized carbons (Fsp3) is 0.424. The van der Waals surface area contributed by atoms with Gasteiger partial charge < -0.3 is 24.5 Å². The van der Waals surface area contributed by atoms with E-state index in [0.717, 1.165) is 5.52 Å². The monoisotopic (exact) mass is 598 g/mol. The standard InChI is InChI=1S/C33H38N6O5/c1-4-18-36(22-39-25-15-10-9-14-24(25)34-35-39)31(43)28-33-17-16-32(3,44-33)26(27(33)30(42)38(28)20-11-21-40)29(41)37(19-5-2)23-12-7-6-8-13-23/h4-10,12-15,26-28,40H,1-2,11,16-22H2,3H3/t26-,27-,28?,32+,33?/m0/s1. The lowest BCUT2D eigenvalue weighted by atomic mass is 9.66. The summed E-state index contributed by atoms with van der Waals surface area (Å²) in [5, 5.41) is 18.2.